The molecule has 0 bridgehead atoms. The molecule has 0 spiro atoms. The summed E-state index contributed by atoms with van der Waals surface area (Å²) in [6.07, 6.45) is 3.41. The minimum atomic E-state index is 0.270. The Hall–Kier alpha value is 0.0200. The van der Waals surface area contributed by atoms with Crippen LogP contribution in [0.1, 0.15) is 27.2 Å². The summed E-state index contributed by atoms with van der Waals surface area (Å²) in [7, 11) is 0. The molecule has 2 heteroatoms. The maximum absolute atomic E-state index is 3.53. The molecule has 58 valence electrons. The van der Waals surface area contributed by atoms with Gasteiger partial charge in [0.1, 0.15) is 0 Å². The van der Waals surface area contributed by atoms with E-state index in [1.165, 1.54) is 11.0 Å². The van der Waals surface area contributed by atoms with Gasteiger partial charge in [0.2, 0.25) is 0 Å². The lowest BCUT2D eigenvalue weighted by molar-refractivity contribution is 0.218. The molecule has 0 saturated carbocycles. The predicted octanol–water partition coefficient (Wildman–Crippen LogP) is 2.73. The molecular formula is C8H14BrN. The standard InChI is InChI=1S/C8H14BrN/c1-8(2,3)10-6-4-5-7(10)9/h5H,4,6H2,1-3H3. The van der Waals surface area contributed by atoms with Crippen molar-refractivity contribution in [3.8, 4) is 0 Å². The first kappa shape index (κ1) is 8.12. The molecule has 0 aromatic carbocycles. The van der Waals surface area contributed by atoms with Crippen molar-refractivity contribution in [1.82, 2.24) is 4.90 Å². The molecule has 0 N–H and O–H groups in total. The lowest BCUT2D eigenvalue weighted by Crippen LogP contribution is -2.37. The van der Waals surface area contributed by atoms with Crippen LogP contribution in [0, 0.1) is 0 Å². The van der Waals surface area contributed by atoms with Gasteiger partial charge in [-0.3, -0.25) is 0 Å². The highest BCUT2D eigenvalue weighted by molar-refractivity contribution is 9.11. The fraction of sp³-hybridized carbons (Fsp3) is 0.750. The Morgan fingerprint density at radius 1 is 1.50 bits per heavy atom. The molecule has 1 nitrogen and oxygen atoms in total. The van der Waals surface area contributed by atoms with E-state index < -0.39 is 0 Å². The quantitative estimate of drug-likeness (QED) is 0.548. The minimum Gasteiger partial charge on any atom is -0.361 e. The third-order valence-corrected chi connectivity index (χ3v) is 2.48. The second-order valence-corrected chi connectivity index (χ2v) is 4.45. The summed E-state index contributed by atoms with van der Waals surface area (Å²) in [5, 5.41) is 0. The van der Waals surface area contributed by atoms with Gasteiger partial charge in [0.05, 0.1) is 4.61 Å². The summed E-state index contributed by atoms with van der Waals surface area (Å²) in [5.41, 5.74) is 0.270. The molecule has 10 heavy (non-hydrogen) atoms. The number of hydrogen-bond donors (Lipinski definition) is 0. The first-order valence-electron chi connectivity index (χ1n) is 3.65. The third kappa shape index (κ3) is 1.54. The lowest BCUT2D eigenvalue weighted by atomic mass is 10.1. The molecule has 1 aliphatic heterocycles. The van der Waals surface area contributed by atoms with E-state index in [0.29, 0.717) is 0 Å². The van der Waals surface area contributed by atoms with Crippen molar-refractivity contribution in [3.63, 3.8) is 0 Å². The molecule has 0 fully saturated rings. The Bertz CT molecular complexity index is 155. The van der Waals surface area contributed by atoms with Gasteiger partial charge in [0.25, 0.3) is 0 Å². The highest BCUT2D eigenvalue weighted by Gasteiger charge is 2.24. The summed E-state index contributed by atoms with van der Waals surface area (Å²) in [4.78, 5) is 2.37. The molecule has 1 aliphatic rings. The van der Waals surface area contributed by atoms with E-state index in [0.717, 1.165) is 6.54 Å². The highest BCUT2D eigenvalue weighted by Crippen LogP contribution is 2.28. The Balaban J connectivity index is 2.67. The van der Waals surface area contributed by atoms with E-state index in [1.807, 2.05) is 0 Å². The van der Waals surface area contributed by atoms with Gasteiger partial charge in [0.15, 0.2) is 0 Å². The van der Waals surface area contributed by atoms with Crippen molar-refractivity contribution in [1.29, 1.82) is 0 Å². The van der Waals surface area contributed by atoms with Crippen LogP contribution in [0.3, 0.4) is 0 Å². The maximum atomic E-state index is 3.53. The average molecular weight is 204 g/mol. The summed E-state index contributed by atoms with van der Waals surface area (Å²) < 4.78 is 1.25. The summed E-state index contributed by atoms with van der Waals surface area (Å²) in [5.74, 6) is 0. The van der Waals surface area contributed by atoms with Crippen LogP contribution in [-0.2, 0) is 0 Å². The van der Waals surface area contributed by atoms with Gasteiger partial charge < -0.3 is 4.90 Å². The Morgan fingerprint density at radius 2 is 2.10 bits per heavy atom. The molecule has 0 amide bonds. The molecule has 1 heterocycles. The summed E-state index contributed by atoms with van der Waals surface area (Å²) >= 11 is 3.53. The SMILES string of the molecule is CC(C)(C)N1CCC=C1Br. The molecule has 1 rings (SSSR count). The van der Waals surface area contributed by atoms with Crippen molar-refractivity contribution in [2.75, 3.05) is 6.54 Å². The van der Waals surface area contributed by atoms with Crippen LogP contribution in [0.15, 0.2) is 10.7 Å². The Kier molecular flexibility index (Phi) is 2.09. The van der Waals surface area contributed by atoms with Gasteiger partial charge >= 0.3 is 0 Å². The summed E-state index contributed by atoms with van der Waals surface area (Å²) in [6, 6.07) is 0. The minimum absolute atomic E-state index is 0.270. The van der Waals surface area contributed by atoms with Crippen molar-refractivity contribution in [2.45, 2.75) is 32.7 Å². The zero-order chi connectivity index (χ0) is 7.78. The molecule has 0 aromatic rings. The zero-order valence-corrected chi connectivity index (χ0v) is 8.40. The molecule has 0 aliphatic carbocycles. The summed E-state index contributed by atoms with van der Waals surface area (Å²) in [6.45, 7) is 7.85. The van der Waals surface area contributed by atoms with Crippen LogP contribution in [0.25, 0.3) is 0 Å². The van der Waals surface area contributed by atoms with Crippen LogP contribution in [-0.4, -0.2) is 17.0 Å². The van der Waals surface area contributed by atoms with E-state index in [9.17, 15) is 0 Å². The highest BCUT2D eigenvalue weighted by atomic mass is 79.9. The third-order valence-electron chi connectivity index (χ3n) is 1.73. The molecule has 0 aromatic heterocycles. The van der Waals surface area contributed by atoms with E-state index in [1.54, 1.807) is 0 Å². The van der Waals surface area contributed by atoms with Crippen LogP contribution < -0.4 is 0 Å². The maximum Gasteiger partial charge on any atom is 0.0770 e. The predicted molar refractivity (Wildman–Crippen MR) is 48.1 cm³/mol. The second kappa shape index (κ2) is 2.57. The van der Waals surface area contributed by atoms with Gasteiger partial charge in [-0.15, -0.1) is 0 Å². The number of hydrogen-bond acceptors (Lipinski definition) is 1. The number of halogens is 1. The van der Waals surface area contributed by atoms with E-state index in [4.69, 9.17) is 0 Å². The van der Waals surface area contributed by atoms with E-state index >= 15 is 0 Å². The van der Waals surface area contributed by atoms with Crippen LogP contribution in [0.5, 0.6) is 0 Å². The molecule has 0 unspecified atom stereocenters. The van der Waals surface area contributed by atoms with Gasteiger partial charge in [-0.05, 0) is 43.1 Å². The topological polar surface area (TPSA) is 3.24 Å². The van der Waals surface area contributed by atoms with E-state index in [-0.39, 0.29) is 5.54 Å². The fourth-order valence-corrected chi connectivity index (χ4v) is 2.12. The molecule has 0 radical (unpaired) electrons. The Labute approximate surface area is 71.2 Å². The van der Waals surface area contributed by atoms with Crippen molar-refractivity contribution in [2.24, 2.45) is 0 Å². The Morgan fingerprint density at radius 3 is 2.30 bits per heavy atom. The lowest BCUT2D eigenvalue weighted by Gasteiger charge is -2.34. The molecular weight excluding hydrogens is 190 g/mol. The van der Waals surface area contributed by atoms with Crippen LogP contribution in [0.2, 0.25) is 0 Å². The largest absolute Gasteiger partial charge is 0.361 e. The first-order chi connectivity index (χ1) is 4.52. The van der Waals surface area contributed by atoms with Crippen LogP contribution in [0.4, 0.5) is 0 Å². The first-order valence-corrected chi connectivity index (χ1v) is 4.44. The smallest absolute Gasteiger partial charge is 0.0770 e. The van der Waals surface area contributed by atoms with Crippen LogP contribution >= 0.6 is 15.9 Å². The van der Waals surface area contributed by atoms with E-state index in [2.05, 4.69) is 47.7 Å². The van der Waals surface area contributed by atoms with Crippen molar-refractivity contribution in [3.05, 3.63) is 10.7 Å². The van der Waals surface area contributed by atoms with Crippen molar-refractivity contribution >= 4 is 15.9 Å². The zero-order valence-electron chi connectivity index (χ0n) is 6.82. The normalized spacial score (nSPS) is 19.6. The monoisotopic (exact) mass is 203 g/mol. The van der Waals surface area contributed by atoms with Gasteiger partial charge in [0, 0.05) is 12.1 Å². The molecule has 0 atom stereocenters. The fourth-order valence-electron chi connectivity index (χ4n) is 1.19. The number of nitrogens with zero attached hydrogens (tertiary/aromatic N) is 1. The van der Waals surface area contributed by atoms with Gasteiger partial charge in [-0.2, -0.15) is 0 Å². The number of rotatable bonds is 0. The van der Waals surface area contributed by atoms with Crippen molar-refractivity contribution < 1.29 is 0 Å². The average Bonchev–Trinajstić information content (AvgIpc) is 2.11. The second-order valence-electron chi connectivity index (χ2n) is 3.64. The van der Waals surface area contributed by atoms with Gasteiger partial charge in [-0.25, -0.2) is 0 Å². The van der Waals surface area contributed by atoms with Gasteiger partial charge in [-0.1, -0.05) is 6.08 Å². The molecule has 0 saturated heterocycles.